The van der Waals surface area contributed by atoms with Gasteiger partial charge in [-0.3, -0.25) is 4.79 Å². The van der Waals surface area contributed by atoms with Crippen molar-refractivity contribution in [3.63, 3.8) is 0 Å². The van der Waals surface area contributed by atoms with E-state index in [4.69, 9.17) is 4.74 Å². The average molecular weight is 352 g/mol. The molecule has 6 heteroatoms. The number of rotatable bonds is 5. The zero-order valence-electron chi connectivity index (χ0n) is 14.6. The van der Waals surface area contributed by atoms with Crippen LogP contribution in [0.5, 0.6) is 17.2 Å². The van der Waals surface area contributed by atoms with Crippen molar-refractivity contribution in [3.05, 3.63) is 59.9 Å². The lowest BCUT2D eigenvalue weighted by Gasteiger charge is -2.12. The molecule has 0 saturated heterocycles. The number of para-hydroxylation sites is 1. The first-order valence-electron chi connectivity index (χ1n) is 8.28. The monoisotopic (exact) mass is 352 g/mol. The second-order valence-corrected chi connectivity index (χ2v) is 6.08. The second kappa shape index (κ2) is 7.41. The summed E-state index contributed by atoms with van der Waals surface area (Å²) in [7, 11) is 0. The summed E-state index contributed by atoms with van der Waals surface area (Å²) >= 11 is 0. The van der Waals surface area contributed by atoms with Crippen molar-refractivity contribution >= 4 is 16.7 Å². The fourth-order valence-electron chi connectivity index (χ4n) is 2.61. The van der Waals surface area contributed by atoms with Crippen LogP contribution >= 0.6 is 0 Å². The van der Waals surface area contributed by atoms with Gasteiger partial charge >= 0.3 is 0 Å². The van der Waals surface area contributed by atoms with E-state index in [0.717, 1.165) is 0 Å². The molecule has 1 aromatic heterocycles. The standard InChI is InChI=1S/C20H20N2O4/c1-12(23)11-21-20(25)18-19(24)16-9-8-15(10-17(16)13(2)22-18)26-14-6-4-3-5-7-14/h3-10,12,23-24H,11H2,1-2H3,(H,21,25). The summed E-state index contributed by atoms with van der Waals surface area (Å²) < 4.78 is 5.81. The Morgan fingerprint density at radius 1 is 1.15 bits per heavy atom. The highest BCUT2D eigenvalue weighted by Gasteiger charge is 2.18. The minimum absolute atomic E-state index is 0.0626. The number of ether oxygens (including phenoxy) is 1. The number of nitrogens with zero attached hydrogens (tertiary/aromatic N) is 1. The fraction of sp³-hybridized carbons (Fsp3) is 0.200. The largest absolute Gasteiger partial charge is 0.505 e. The van der Waals surface area contributed by atoms with Crippen LogP contribution in [0.4, 0.5) is 0 Å². The Morgan fingerprint density at radius 2 is 1.88 bits per heavy atom. The van der Waals surface area contributed by atoms with Crippen molar-refractivity contribution in [3.8, 4) is 17.2 Å². The highest BCUT2D eigenvalue weighted by molar-refractivity contribution is 6.02. The average Bonchev–Trinajstić information content (AvgIpc) is 2.63. The molecule has 1 amide bonds. The molecule has 3 rings (SSSR count). The van der Waals surface area contributed by atoms with Gasteiger partial charge in [0.1, 0.15) is 11.5 Å². The van der Waals surface area contributed by atoms with Crippen LogP contribution in [0.3, 0.4) is 0 Å². The number of carbonyl (C=O) groups is 1. The zero-order valence-corrected chi connectivity index (χ0v) is 14.6. The van der Waals surface area contributed by atoms with E-state index in [9.17, 15) is 15.0 Å². The topological polar surface area (TPSA) is 91.7 Å². The molecule has 0 aliphatic carbocycles. The van der Waals surface area contributed by atoms with Gasteiger partial charge in [0, 0.05) is 23.0 Å². The summed E-state index contributed by atoms with van der Waals surface area (Å²) in [4.78, 5) is 16.4. The molecule has 1 atom stereocenters. The van der Waals surface area contributed by atoms with E-state index in [1.165, 1.54) is 0 Å². The number of hydrogen-bond acceptors (Lipinski definition) is 5. The highest BCUT2D eigenvalue weighted by atomic mass is 16.5. The summed E-state index contributed by atoms with van der Waals surface area (Å²) in [6.45, 7) is 3.41. The number of aromatic hydroxyl groups is 1. The number of pyridine rings is 1. The number of aliphatic hydroxyl groups excluding tert-OH is 1. The van der Waals surface area contributed by atoms with E-state index in [0.29, 0.717) is 28.0 Å². The molecular weight excluding hydrogens is 332 g/mol. The van der Waals surface area contributed by atoms with Gasteiger partial charge in [-0.05, 0) is 44.2 Å². The Kier molecular flexibility index (Phi) is 5.04. The summed E-state index contributed by atoms with van der Waals surface area (Å²) in [6, 6.07) is 14.6. The molecule has 1 heterocycles. The van der Waals surface area contributed by atoms with E-state index in [1.807, 2.05) is 30.3 Å². The van der Waals surface area contributed by atoms with Gasteiger partial charge in [0.25, 0.3) is 5.91 Å². The van der Waals surface area contributed by atoms with Gasteiger partial charge in [-0.15, -0.1) is 0 Å². The minimum atomic E-state index is -0.680. The van der Waals surface area contributed by atoms with Crippen molar-refractivity contribution in [1.82, 2.24) is 10.3 Å². The van der Waals surface area contributed by atoms with E-state index in [2.05, 4.69) is 10.3 Å². The van der Waals surface area contributed by atoms with Gasteiger partial charge in [-0.25, -0.2) is 4.98 Å². The molecule has 2 aromatic carbocycles. The molecule has 3 aromatic rings. The third-order valence-corrected chi connectivity index (χ3v) is 3.89. The van der Waals surface area contributed by atoms with Crippen molar-refractivity contribution in [2.75, 3.05) is 6.54 Å². The van der Waals surface area contributed by atoms with E-state index >= 15 is 0 Å². The fourth-order valence-corrected chi connectivity index (χ4v) is 2.61. The van der Waals surface area contributed by atoms with Gasteiger partial charge in [0.15, 0.2) is 11.4 Å². The molecule has 6 nitrogen and oxygen atoms in total. The second-order valence-electron chi connectivity index (χ2n) is 6.08. The van der Waals surface area contributed by atoms with Crippen LogP contribution in [0, 0.1) is 6.92 Å². The quantitative estimate of drug-likeness (QED) is 0.656. The number of aliphatic hydroxyl groups is 1. The van der Waals surface area contributed by atoms with Crippen molar-refractivity contribution < 1.29 is 19.7 Å². The molecule has 3 N–H and O–H groups in total. The number of fused-ring (bicyclic) bond motifs is 1. The summed E-state index contributed by atoms with van der Waals surface area (Å²) in [5.41, 5.74) is 0.533. The van der Waals surface area contributed by atoms with E-state index in [1.54, 1.807) is 32.0 Å². The Bertz CT molecular complexity index is 939. The Morgan fingerprint density at radius 3 is 2.58 bits per heavy atom. The normalized spacial score (nSPS) is 12.0. The maximum Gasteiger partial charge on any atom is 0.273 e. The maximum absolute atomic E-state index is 12.2. The predicted molar refractivity (Wildman–Crippen MR) is 98.7 cm³/mol. The van der Waals surface area contributed by atoms with Crippen molar-refractivity contribution in [1.29, 1.82) is 0 Å². The molecule has 0 fully saturated rings. The SMILES string of the molecule is Cc1nc(C(=O)NCC(C)O)c(O)c2ccc(Oc3ccccc3)cc12. The Labute approximate surface area is 151 Å². The number of aromatic nitrogens is 1. The molecule has 0 saturated carbocycles. The van der Waals surface area contributed by atoms with Gasteiger partial charge in [0.05, 0.1) is 6.10 Å². The maximum atomic E-state index is 12.2. The zero-order chi connectivity index (χ0) is 18.7. The third-order valence-electron chi connectivity index (χ3n) is 3.89. The summed E-state index contributed by atoms with van der Waals surface area (Å²) in [5.74, 6) is 0.591. The van der Waals surface area contributed by atoms with Gasteiger partial charge in [-0.1, -0.05) is 18.2 Å². The van der Waals surface area contributed by atoms with Crippen molar-refractivity contribution in [2.45, 2.75) is 20.0 Å². The van der Waals surface area contributed by atoms with Crippen LogP contribution in [0.25, 0.3) is 10.8 Å². The van der Waals surface area contributed by atoms with Crippen LogP contribution in [-0.2, 0) is 0 Å². The summed E-state index contributed by atoms with van der Waals surface area (Å²) in [6.07, 6.45) is -0.680. The lowest BCUT2D eigenvalue weighted by atomic mass is 10.1. The number of carbonyl (C=O) groups excluding carboxylic acids is 1. The molecule has 134 valence electrons. The highest BCUT2D eigenvalue weighted by Crippen LogP contribution is 2.33. The van der Waals surface area contributed by atoms with Crippen LogP contribution < -0.4 is 10.1 Å². The van der Waals surface area contributed by atoms with Crippen LogP contribution in [0.1, 0.15) is 23.1 Å². The van der Waals surface area contributed by atoms with Gasteiger partial charge in [-0.2, -0.15) is 0 Å². The van der Waals surface area contributed by atoms with Gasteiger partial charge in [0.2, 0.25) is 0 Å². The number of benzene rings is 2. The smallest absolute Gasteiger partial charge is 0.273 e. The third kappa shape index (κ3) is 3.75. The van der Waals surface area contributed by atoms with E-state index in [-0.39, 0.29) is 18.0 Å². The van der Waals surface area contributed by atoms with Crippen LogP contribution in [0.2, 0.25) is 0 Å². The minimum Gasteiger partial charge on any atom is -0.505 e. The molecule has 0 aliphatic rings. The molecule has 26 heavy (non-hydrogen) atoms. The number of amides is 1. The predicted octanol–water partition coefficient (Wildman–Crippen LogP) is 3.15. The molecule has 0 aliphatic heterocycles. The molecule has 0 radical (unpaired) electrons. The first-order chi connectivity index (χ1) is 12.5. The summed E-state index contributed by atoms with van der Waals surface area (Å²) in [5, 5.41) is 23.5. The first kappa shape index (κ1) is 17.7. The van der Waals surface area contributed by atoms with E-state index < -0.39 is 12.0 Å². The number of nitrogens with one attached hydrogen (secondary N) is 1. The molecule has 0 spiro atoms. The van der Waals surface area contributed by atoms with Gasteiger partial charge < -0.3 is 20.3 Å². The lowest BCUT2D eigenvalue weighted by molar-refractivity contribution is 0.0916. The molecule has 0 bridgehead atoms. The van der Waals surface area contributed by atoms with Crippen LogP contribution in [-0.4, -0.2) is 33.8 Å². The molecular formula is C20H20N2O4. The lowest BCUT2D eigenvalue weighted by Crippen LogP contribution is -2.31. The van der Waals surface area contributed by atoms with Crippen molar-refractivity contribution in [2.24, 2.45) is 0 Å². The number of aryl methyl sites for hydroxylation is 1. The number of hydrogen-bond donors (Lipinski definition) is 3. The Balaban J connectivity index is 1.95. The Hall–Kier alpha value is -3.12. The first-order valence-corrected chi connectivity index (χ1v) is 8.28. The van der Waals surface area contributed by atoms with Crippen LogP contribution in [0.15, 0.2) is 48.5 Å². The molecule has 1 unspecified atom stereocenters.